The van der Waals surface area contributed by atoms with Crippen LogP contribution in [0.1, 0.15) is 30.0 Å². The van der Waals surface area contributed by atoms with Crippen LogP contribution in [0.2, 0.25) is 0 Å². The second kappa shape index (κ2) is 6.40. The summed E-state index contributed by atoms with van der Waals surface area (Å²) >= 11 is 1.33. The molecule has 0 heterocycles. The Labute approximate surface area is 102 Å². The lowest BCUT2D eigenvalue weighted by Gasteiger charge is -2.01. The predicted octanol–water partition coefficient (Wildman–Crippen LogP) is 3.32. The topological polar surface area (TPSA) is 17.1 Å². The van der Waals surface area contributed by atoms with Gasteiger partial charge in [-0.05, 0) is 31.0 Å². The molecule has 0 saturated heterocycles. The fourth-order valence-corrected chi connectivity index (χ4v) is 1.78. The second-order valence-corrected chi connectivity index (χ2v) is 4.91. The molecule has 0 atom stereocenters. The maximum Gasteiger partial charge on any atom is 0.185 e. The minimum Gasteiger partial charge on any atom is -0.288 e. The van der Waals surface area contributed by atoms with Crippen LogP contribution in [-0.4, -0.2) is 10.9 Å². The molecule has 0 radical (unpaired) electrons. The van der Waals surface area contributed by atoms with Gasteiger partial charge in [-0.1, -0.05) is 35.7 Å². The molecule has 0 unspecified atom stereocenters. The van der Waals surface area contributed by atoms with E-state index in [0.717, 1.165) is 17.7 Å². The maximum absolute atomic E-state index is 10.7. The van der Waals surface area contributed by atoms with E-state index < -0.39 is 0 Å². The van der Waals surface area contributed by atoms with Crippen LogP contribution in [-0.2, 0) is 4.79 Å². The minimum atomic E-state index is 0.161. The van der Waals surface area contributed by atoms with Crippen LogP contribution in [0.4, 0.5) is 0 Å². The third kappa shape index (κ3) is 4.12. The highest BCUT2D eigenvalue weighted by Gasteiger charge is 1.96. The van der Waals surface area contributed by atoms with Crippen molar-refractivity contribution in [3.63, 3.8) is 0 Å². The molecule has 1 aromatic carbocycles. The molecule has 0 spiro atoms. The molecule has 0 N–H and O–H groups in total. The SMILES string of the molecule is CC(=O)SCCC#Cc1cccc(C)c1C. The van der Waals surface area contributed by atoms with Crippen molar-refractivity contribution in [3.05, 3.63) is 34.9 Å². The fraction of sp³-hybridized carbons (Fsp3) is 0.357. The molecule has 2 heteroatoms. The van der Waals surface area contributed by atoms with Gasteiger partial charge in [0.15, 0.2) is 5.12 Å². The predicted molar refractivity (Wildman–Crippen MR) is 70.6 cm³/mol. The van der Waals surface area contributed by atoms with Crippen LogP contribution in [0, 0.1) is 25.7 Å². The van der Waals surface area contributed by atoms with Crippen LogP contribution in [0.5, 0.6) is 0 Å². The molecule has 1 aromatic rings. The average Bonchev–Trinajstić information content (AvgIpc) is 2.23. The van der Waals surface area contributed by atoms with Crippen molar-refractivity contribution < 1.29 is 4.79 Å². The molecule has 0 aliphatic rings. The van der Waals surface area contributed by atoms with Gasteiger partial charge < -0.3 is 0 Å². The van der Waals surface area contributed by atoms with Gasteiger partial charge in [-0.15, -0.1) is 0 Å². The number of benzene rings is 1. The molecule has 0 aliphatic heterocycles. The largest absolute Gasteiger partial charge is 0.288 e. The molecule has 1 rings (SSSR count). The van der Waals surface area contributed by atoms with Crippen LogP contribution < -0.4 is 0 Å². The van der Waals surface area contributed by atoms with Crippen LogP contribution >= 0.6 is 11.8 Å². The first kappa shape index (κ1) is 12.9. The standard InChI is InChI=1S/C14H16OS/c1-11-7-6-9-14(12(11)2)8-4-5-10-16-13(3)15/h6-7,9H,5,10H2,1-3H3. The Bertz CT molecular complexity index is 438. The number of hydrogen-bond donors (Lipinski definition) is 0. The summed E-state index contributed by atoms with van der Waals surface area (Å²) in [5.41, 5.74) is 3.60. The first-order chi connectivity index (χ1) is 7.61. The molecule has 0 bridgehead atoms. The molecule has 0 aromatic heterocycles. The number of carbonyl (C=O) groups excluding carboxylic acids is 1. The van der Waals surface area contributed by atoms with E-state index in [0.29, 0.717) is 0 Å². The van der Waals surface area contributed by atoms with E-state index in [1.54, 1.807) is 6.92 Å². The summed E-state index contributed by atoms with van der Waals surface area (Å²) in [7, 11) is 0. The van der Waals surface area contributed by atoms with E-state index in [2.05, 4.69) is 31.8 Å². The lowest BCUT2D eigenvalue weighted by Crippen LogP contribution is -1.87. The summed E-state index contributed by atoms with van der Waals surface area (Å²) in [6, 6.07) is 6.15. The van der Waals surface area contributed by atoms with E-state index in [1.165, 1.54) is 22.9 Å². The Morgan fingerprint density at radius 3 is 2.81 bits per heavy atom. The van der Waals surface area contributed by atoms with Gasteiger partial charge in [0.05, 0.1) is 0 Å². The van der Waals surface area contributed by atoms with E-state index >= 15 is 0 Å². The van der Waals surface area contributed by atoms with Crippen molar-refractivity contribution in [1.29, 1.82) is 0 Å². The zero-order valence-corrected chi connectivity index (χ0v) is 10.8. The summed E-state index contributed by atoms with van der Waals surface area (Å²) in [5, 5.41) is 0.161. The summed E-state index contributed by atoms with van der Waals surface area (Å²) in [5.74, 6) is 7.04. The maximum atomic E-state index is 10.7. The molecular formula is C14H16OS. The first-order valence-corrected chi connectivity index (χ1v) is 6.28. The van der Waals surface area contributed by atoms with E-state index in [1.807, 2.05) is 12.1 Å². The van der Waals surface area contributed by atoms with Gasteiger partial charge in [0.25, 0.3) is 0 Å². The molecule has 0 saturated carbocycles. The zero-order chi connectivity index (χ0) is 12.0. The number of carbonyl (C=O) groups is 1. The van der Waals surface area contributed by atoms with E-state index in [4.69, 9.17) is 0 Å². The fourth-order valence-electron chi connectivity index (χ4n) is 1.29. The average molecular weight is 232 g/mol. The molecule has 0 aliphatic carbocycles. The summed E-state index contributed by atoms with van der Waals surface area (Å²) < 4.78 is 0. The lowest BCUT2D eigenvalue weighted by atomic mass is 10.0. The monoisotopic (exact) mass is 232 g/mol. The molecule has 0 amide bonds. The van der Waals surface area contributed by atoms with Gasteiger partial charge in [0.2, 0.25) is 0 Å². The normalized spacial score (nSPS) is 9.44. The smallest absolute Gasteiger partial charge is 0.185 e. The van der Waals surface area contributed by atoms with Gasteiger partial charge in [0.1, 0.15) is 0 Å². The van der Waals surface area contributed by atoms with Gasteiger partial charge in [-0.25, -0.2) is 0 Å². The van der Waals surface area contributed by atoms with Crippen LogP contribution in [0.3, 0.4) is 0 Å². The molecule has 1 nitrogen and oxygen atoms in total. The molecule has 0 fully saturated rings. The van der Waals surface area contributed by atoms with Gasteiger partial charge >= 0.3 is 0 Å². The van der Waals surface area contributed by atoms with Crippen molar-refractivity contribution in [2.75, 3.05) is 5.75 Å². The third-order valence-corrected chi connectivity index (χ3v) is 3.17. The number of aryl methyl sites for hydroxylation is 1. The van der Waals surface area contributed by atoms with Crippen molar-refractivity contribution >= 4 is 16.9 Å². The van der Waals surface area contributed by atoms with Crippen LogP contribution in [0.15, 0.2) is 18.2 Å². The van der Waals surface area contributed by atoms with Crippen molar-refractivity contribution in [2.24, 2.45) is 0 Å². The van der Waals surface area contributed by atoms with Crippen molar-refractivity contribution in [2.45, 2.75) is 27.2 Å². The van der Waals surface area contributed by atoms with Crippen molar-refractivity contribution in [3.8, 4) is 11.8 Å². The van der Waals surface area contributed by atoms with E-state index in [-0.39, 0.29) is 5.12 Å². The Hall–Kier alpha value is -1.20. The highest BCUT2D eigenvalue weighted by Crippen LogP contribution is 2.11. The summed E-state index contributed by atoms with van der Waals surface area (Å²) in [6.07, 6.45) is 0.762. The van der Waals surface area contributed by atoms with Crippen LogP contribution in [0.25, 0.3) is 0 Å². The molecule has 16 heavy (non-hydrogen) atoms. The quantitative estimate of drug-likeness (QED) is 0.574. The number of hydrogen-bond acceptors (Lipinski definition) is 2. The second-order valence-electron chi connectivity index (χ2n) is 3.64. The highest BCUT2D eigenvalue weighted by molar-refractivity contribution is 8.13. The number of rotatable bonds is 2. The number of thioether (sulfide) groups is 1. The Kier molecular flexibility index (Phi) is 5.14. The lowest BCUT2D eigenvalue weighted by molar-refractivity contribution is -0.109. The molecular weight excluding hydrogens is 216 g/mol. The van der Waals surface area contributed by atoms with Gasteiger partial charge in [0, 0.05) is 24.7 Å². The van der Waals surface area contributed by atoms with Crippen molar-refractivity contribution in [1.82, 2.24) is 0 Å². The first-order valence-electron chi connectivity index (χ1n) is 5.29. The third-order valence-electron chi connectivity index (χ3n) is 2.36. The summed E-state index contributed by atoms with van der Waals surface area (Å²) in [6.45, 7) is 5.76. The van der Waals surface area contributed by atoms with E-state index in [9.17, 15) is 4.79 Å². The Morgan fingerprint density at radius 1 is 1.38 bits per heavy atom. The Balaban J connectivity index is 2.56. The Morgan fingerprint density at radius 2 is 2.12 bits per heavy atom. The van der Waals surface area contributed by atoms with Gasteiger partial charge in [-0.2, -0.15) is 0 Å². The van der Waals surface area contributed by atoms with Gasteiger partial charge in [-0.3, -0.25) is 4.79 Å². The highest BCUT2D eigenvalue weighted by atomic mass is 32.2. The zero-order valence-electron chi connectivity index (χ0n) is 9.96. The summed E-state index contributed by atoms with van der Waals surface area (Å²) in [4.78, 5) is 10.7. The minimum absolute atomic E-state index is 0.161. The molecule has 84 valence electrons.